The van der Waals surface area contributed by atoms with Crippen molar-refractivity contribution in [2.24, 2.45) is 0 Å². The van der Waals surface area contributed by atoms with Gasteiger partial charge in [-0.25, -0.2) is 0 Å². The third-order valence-electron chi connectivity index (χ3n) is 3.25. The highest BCUT2D eigenvalue weighted by Crippen LogP contribution is 2.25. The van der Waals surface area contributed by atoms with E-state index in [9.17, 15) is 0 Å². The van der Waals surface area contributed by atoms with Gasteiger partial charge in [0.2, 0.25) is 0 Å². The lowest BCUT2D eigenvalue weighted by Crippen LogP contribution is -2.06. The van der Waals surface area contributed by atoms with E-state index in [2.05, 4.69) is 34.9 Å². The first-order valence-corrected chi connectivity index (χ1v) is 8.15. The molecular formula is C15H18BrClN2O. The van der Waals surface area contributed by atoms with Crippen LogP contribution in [0.5, 0.6) is 5.75 Å². The predicted molar refractivity (Wildman–Crippen MR) is 85.6 cm³/mol. The van der Waals surface area contributed by atoms with Crippen molar-refractivity contribution in [2.45, 2.75) is 38.2 Å². The van der Waals surface area contributed by atoms with Crippen molar-refractivity contribution < 1.29 is 4.74 Å². The van der Waals surface area contributed by atoms with E-state index in [0.717, 1.165) is 23.4 Å². The molecule has 20 heavy (non-hydrogen) atoms. The zero-order valence-electron chi connectivity index (χ0n) is 11.6. The average molecular weight is 358 g/mol. The first-order valence-electron chi connectivity index (χ1n) is 6.65. The van der Waals surface area contributed by atoms with Gasteiger partial charge in [-0.05, 0) is 37.6 Å². The Hall–Kier alpha value is -1.000. The van der Waals surface area contributed by atoms with Gasteiger partial charge < -0.3 is 4.74 Å². The van der Waals surface area contributed by atoms with E-state index in [0.29, 0.717) is 23.0 Å². The molecule has 0 fully saturated rings. The molecule has 0 radical (unpaired) electrons. The molecule has 0 aliphatic heterocycles. The maximum Gasteiger partial charge on any atom is 0.132 e. The molecule has 2 aromatic rings. The molecule has 1 aromatic heterocycles. The van der Waals surface area contributed by atoms with Crippen LogP contribution >= 0.6 is 27.5 Å². The third kappa shape index (κ3) is 3.76. The molecule has 0 saturated heterocycles. The molecule has 1 unspecified atom stereocenters. The summed E-state index contributed by atoms with van der Waals surface area (Å²) >= 11 is 9.42. The second kappa shape index (κ2) is 7.14. The van der Waals surface area contributed by atoms with E-state index >= 15 is 0 Å². The van der Waals surface area contributed by atoms with Gasteiger partial charge in [-0.2, -0.15) is 5.10 Å². The Morgan fingerprint density at radius 3 is 2.90 bits per heavy atom. The molecule has 108 valence electrons. The van der Waals surface area contributed by atoms with Gasteiger partial charge in [0, 0.05) is 28.2 Å². The standard InChI is InChI=1S/C15H18BrClN2O/c1-3-11(2)19-7-6-14(18-19)10-20-15-5-4-13(17)8-12(15)9-16/h4-8,11H,3,9-10H2,1-2H3. The fourth-order valence-electron chi connectivity index (χ4n) is 1.83. The largest absolute Gasteiger partial charge is 0.487 e. The number of ether oxygens (including phenoxy) is 1. The topological polar surface area (TPSA) is 27.1 Å². The fourth-order valence-corrected chi connectivity index (χ4v) is 2.46. The summed E-state index contributed by atoms with van der Waals surface area (Å²) in [5.41, 5.74) is 1.97. The minimum Gasteiger partial charge on any atom is -0.487 e. The number of benzene rings is 1. The summed E-state index contributed by atoms with van der Waals surface area (Å²) in [6.07, 6.45) is 3.06. The fraction of sp³-hybridized carbons (Fsp3) is 0.400. The van der Waals surface area contributed by atoms with Gasteiger partial charge in [-0.15, -0.1) is 0 Å². The summed E-state index contributed by atoms with van der Waals surface area (Å²) in [5, 5.41) is 5.95. The van der Waals surface area contributed by atoms with Crippen LogP contribution in [0.15, 0.2) is 30.5 Å². The summed E-state index contributed by atoms with van der Waals surface area (Å²) in [6.45, 7) is 4.77. The molecule has 0 aliphatic rings. The second-order valence-corrected chi connectivity index (χ2v) is 5.72. The molecule has 0 amide bonds. The minimum absolute atomic E-state index is 0.414. The highest BCUT2D eigenvalue weighted by molar-refractivity contribution is 9.08. The van der Waals surface area contributed by atoms with Crippen molar-refractivity contribution in [3.05, 3.63) is 46.7 Å². The first-order chi connectivity index (χ1) is 9.63. The number of rotatable bonds is 6. The van der Waals surface area contributed by atoms with Crippen LogP contribution in [0, 0.1) is 0 Å². The Morgan fingerprint density at radius 2 is 2.20 bits per heavy atom. The Labute approximate surface area is 133 Å². The van der Waals surface area contributed by atoms with Crippen LogP contribution in [0.2, 0.25) is 5.02 Å². The molecule has 1 aromatic carbocycles. The lowest BCUT2D eigenvalue weighted by molar-refractivity contribution is 0.296. The zero-order valence-corrected chi connectivity index (χ0v) is 14.0. The summed E-state index contributed by atoms with van der Waals surface area (Å²) in [7, 11) is 0. The molecule has 0 aliphatic carbocycles. The van der Waals surface area contributed by atoms with Crippen LogP contribution in [0.3, 0.4) is 0 Å². The van der Waals surface area contributed by atoms with Crippen LogP contribution < -0.4 is 4.74 Å². The number of aromatic nitrogens is 2. The molecule has 1 atom stereocenters. The number of nitrogens with zero attached hydrogens (tertiary/aromatic N) is 2. The van der Waals surface area contributed by atoms with E-state index < -0.39 is 0 Å². The summed E-state index contributed by atoms with van der Waals surface area (Å²) < 4.78 is 7.81. The van der Waals surface area contributed by atoms with Crippen LogP contribution in [0.1, 0.15) is 37.6 Å². The molecule has 3 nitrogen and oxygen atoms in total. The van der Waals surface area contributed by atoms with Gasteiger partial charge >= 0.3 is 0 Å². The van der Waals surface area contributed by atoms with Crippen molar-refractivity contribution in [2.75, 3.05) is 0 Å². The van der Waals surface area contributed by atoms with Gasteiger partial charge in [0.1, 0.15) is 12.4 Å². The number of hydrogen-bond acceptors (Lipinski definition) is 2. The minimum atomic E-state index is 0.414. The highest BCUT2D eigenvalue weighted by atomic mass is 79.9. The average Bonchev–Trinajstić information content (AvgIpc) is 2.93. The van der Waals surface area contributed by atoms with Gasteiger partial charge in [-0.1, -0.05) is 34.5 Å². The van der Waals surface area contributed by atoms with Crippen molar-refractivity contribution in [1.29, 1.82) is 0 Å². The van der Waals surface area contributed by atoms with E-state index in [-0.39, 0.29) is 0 Å². The van der Waals surface area contributed by atoms with Gasteiger partial charge in [0.25, 0.3) is 0 Å². The normalized spacial score (nSPS) is 12.4. The van der Waals surface area contributed by atoms with Crippen LogP contribution in [0.4, 0.5) is 0 Å². The lowest BCUT2D eigenvalue weighted by atomic mass is 10.2. The van der Waals surface area contributed by atoms with Crippen molar-refractivity contribution in [3.63, 3.8) is 0 Å². The van der Waals surface area contributed by atoms with E-state index in [1.165, 1.54) is 0 Å². The Kier molecular flexibility index (Phi) is 5.49. The van der Waals surface area contributed by atoms with Crippen LogP contribution in [-0.2, 0) is 11.9 Å². The Balaban J connectivity index is 2.03. The monoisotopic (exact) mass is 356 g/mol. The maximum atomic E-state index is 5.97. The van der Waals surface area contributed by atoms with E-state index in [1.54, 1.807) is 0 Å². The van der Waals surface area contributed by atoms with E-state index in [4.69, 9.17) is 16.3 Å². The molecule has 5 heteroatoms. The first kappa shape index (κ1) is 15.4. The summed E-state index contributed by atoms with van der Waals surface area (Å²) in [5.74, 6) is 0.837. The zero-order chi connectivity index (χ0) is 14.5. The lowest BCUT2D eigenvalue weighted by Gasteiger charge is -2.10. The molecule has 0 spiro atoms. The van der Waals surface area contributed by atoms with Crippen molar-refractivity contribution in [3.8, 4) is 5.75 Å². The Morgan fingerprint density at radius 1 is 1.40 bits per heavy atom. The molecule has 1 heterocycles. The van der Waals surface area contributed by atoms with Crippen molar-refractivity contribution in [1.82, 2.24) is 9.78 Å². The molecule has 0 saturated carbocycles. The van der Waals surface area contributed by atoms with Crippen molar-refractivity contribution >= 4 is 27.5 Å². The second-order valence-electron chi connectivity index (χ2n) is 4.72. The molecule has 2 rings (SSSR count). The predicted octanol–water partition coefficient (Wildman–Crippen LogP) is 4.98. The van der Waals surface area contributed by atoms with Gasteiger partial charge in [0.05, 0.1) is 5.69 Å². The SMILES string of the molecule is CCC(C)n1ccc(COc2ccc(Cl)cc2CBr)n1. The summed E-state index contributed by atoms with van der Waals surface area (Å²) in [4.78, 5) is 0. The number of hydrogen-bond donors (Lipinski definition) is 0. The number of alkyl halides is 1. The summed E-state index contributed by atoms with van der Waals surface area (Å²) in [6, 6.07) is 8.04. The Bertz CT molecular complexity index is 571. The molecule has 0 bridgehead atoms. The van der Waals surface area contributed by atoms with Crippen LogP contribution in [0.25, 0.3) is 0 Å². The van der Waals surface area contributed by atoms with E-state index in [1.807, 2.05) is 35.1 Å². The quantitative estimate of drug-likeness (QED) is 0.682. The smallest absolute Gasteiger partial charge is 0.132 e. The van der Waals surface area contributed by atoms with Gasteiger partial charge in [0.15, 0.2) is 0 Å². The van der Waals surface area contributed by atoms with Crippen LogP contribution in [-0.4, -0.2) is 9.78 Å². The van der Waals surface area contributed by atoms with Gasteiger partial charge in [-0.3, -0.25) is 4.68 Å². The maximum absolute atomic E-state index is 5.97. The number of halogens is 2. The molecule has 0 N–H and O–H groups in total. The third-order valence-corrected chi connectivity index (χ3v) is 4.09. The highest BCUT2D eigenvalue weighted by Gasteiger charge is 2.07. The molecular weight excluding hydrogens is 340 g/mol.